The van der Waals surface area contributed by atoms with Crippen LogP contribution in [0.15, 0.2) is 23.3 Å². The fraction of sp³-hybridized carbons (Fsp3) is 0.500. The number of carbonyl (C=O) groups is 1. The number of nitrogens with zero attached hydrogens (tertiary/aromatic N) is 1. The van der Waals surface area contributed by atoms with E-state index in [1.165, 1.54) is 0 Å². The minimum atomic E-state index is -0.584. The Hall–Kier alpha value is -2.24. The molecule has 0 saturated carbocycles. The van der Waals surface area contributed by atoms with E-state index in [1.54, 1.807) is 41.1 Å². The third-order valence-corrected chi connectivity index (χ3v) is 2.73. The fourth-order valence-electron chi connectivity index (χ4n) is 1.78. The van der Waals surface area contributed by atoms with Crippen molar-refractivity contribution in [3.63, 3.8) is 0 Å². The van der Waals surface area contributed by atoms with Gasteiger partial charge in [-0.15, -0.1) is 0 Å². The van der Waals surface area contributed by atoms with Crippen LogP contribution in [0.1, 0.15) is 39.7 Å². The largest absolute Gasteiger partial charge is 0.493 e. The van der Waals surface area contributed by atoms with Crippen LogP contribution < -0.4 is 14.9 Å². The van der Waals surface area contributed by atoms with E-state index in [-0.39, 0.29) is 0 Å². The smallest absolute Gasteiger partial charge is 0.428 e. The van der Waals surface area contributed by atoms with Gasteiger partial charge in [-0.25, -0.2) is 10.2 Å². The van der Waals surface area contributed by atoms with Crippen LogP contribution in [0.5, 0.6) is 11.5 Å². The van der Waals surface area contributed by atoms with Crippen LogP contribution >= 0.6 is 0 Å². The van der Waals surface area contributed by atoms with Crippen LogP contribution in [0.4, 0.5) is 4.79 Å². The van der Waals surface area contributed by atoms with E-state index < -0.39 is 11.7 Å². The summed E-state index contributed by atoms with van der Waals surface area (Å²) < 4.78 is 15.6. The minimum Gasteiger partial charge on any atom is -0.493 e. The van der Waals surface area contributed by atoms with Crippen LogP contribution in [-0.2, 0) is 4.74 Å². The maximum Gasteiger partial charge on any atom is 0.428 e. The molecule has 0 bridgehead atoms. The quantitative estimate of drug-likeness (QED) is 0.669. The molecule has 0 aliphatic rings. The summed E-state index contributed by atoms with van der Waals surface area (Å²) in [6.07, 6.45) is 0.0598. The SMILES string of the molecule is CC/C(=N\NC(=O)OC(C)(C)C)c1ccc(OC)c(OC)c1. The summed E-state index contributed by atoms with van der Waals surface area (Å²) in [4.78, 5) is 11.6. The summed E-state index contributed by atoms with van der Waals surface area (Å²) in [6.45, 7) is 7.34. The molecule has 1 N–H and O–H groups in total. The number of rotatable bonds is 5. The van der Waals surface area contributed by atoms with Crippen LogP contribution in [0.3, 0.4) is 0 Å². The third-order valence-electron chi connectivity index (χ3n) is 2.73. The summed E-state index contributed by atoms with van der Waals surface area (Å²) in [5.41, 5.74) is 3.41. The van der Waals surface area contributed by atoms with Crippen molar-refractivity contribution in [1.82, 2.24) is 5.43 Å². The third kappa shape index (κ3) is 5.27. The Morgan fingerprint density at radius 2 is 1.82 bits per heavy atom. The van der Waals surface area contributed by atoms with Gasteiger partial charge in [-0.05, 0) is 45.4 Å². The number of methoxy groups -OCH3 is 2. The minimum absolute atomic E-state index is 0.560. The molecule has 0 aliphatic heterocycles. The van der Waals surface area contributed by atoms with Gasteiger partial charge in [0.05, 0.1) is 19.9 Å². The lowest BCUT2D eigenvalue weighted by Crippen LogP contribution is -2.30. The van der Waals surface area contributed by atoms with Gasteiger partial charge >= 0.3 is 6.09 Å². The molecule has 0 heterocycles. The number of carbonyl (C=O) groups excluding carboxylic acids is 1. The fourth-order valence-corrected chi connectivity index (χ4v) is 1.78. The highest BCUT2D eigenvalue weighted by molar-refractivity contribution is 6.01. The Balaban J connectivity index is 2.91. The molecule has 1 aromatic carbocycles. The predicted molar refractivity (Wildman–Crippen MR) is 85.7 cm³/mol. The molecule has 1 amide bonds. The average molecular weight is 308 g/mol. The number of hydrogen-bond acceptors (Lipinski definition) is 5. The lowest BCUT2D eigenvalue weighted by Gasteiger charge is -2.18. The number of nitrogens with one attached hydrogen (secondary N) is 1. The molecule has 22 heavy (non-hydrogen) atoms. The van der Waals surface area contributed by atoms with Crippen molar-refractivity contribution in [2.75, 3.05) is 14.2 Å². The van der Waals surface area contributed by atoms with Gasteiger partial charge in [0, 0.05) is 5.56 Å². The lowest BCUT2D eigenvalue weighted by molar-refractivity contribution is 0.0529. The maximum absolute atomic E-state index is 11.6. The van der Waals surface area contributed by atoms with E-state index in [0.717, 1.165) is 5.56 Å². The summed E-state index contributed by atoms with van der Waals surface area (Å²) >= 11 is 0. The maximum atomic E-state index is 11.6. The van der Waals surface area contributed by atoms with Gasteiger partial charge < -0.3 is 14.2 Å². The van der Waals surface area contributed by atoms with Gasteiger partial charge in [0.1, 0.15) is 5.60 Å². The molecule has 6 heteroatoms. The molecule has 0 saturated heterocycles. The van der Waals surface area contributed by atoms with Gasteiger partial charge in [-0.2, -0.15) is 5.10 Å². The first kappa shape index (κ1) is 17.8. The first-order chi connectivity index (χ1) is 10.3. The molecular formula is C16H24N2O4. The zero-order chi connectivity index (χ0) is 16.8. The van der Waals surface area contributed by atoms with E-state index in [2.05, 4.69) is 10.5 Å². The van der Waals surface area contributed by atoms with Gasteiger partial charge in [0.2, 0.25) is 0 Å². The summed E-state index contributed by atoms with van der Waals surface area (Å²) in [5, 5.41) is 4.12. The highest BCUT2D eigenvalue weighted by Crippen LogP contribution is 2.28. The Morgan fingerprint density at radius 1 is 1.18 bits per heavy atom. The molecule has 1 rings (SSSR count). The van der Waals surface area contributed by atoms with Crippen molar-refractivity contribution < 1.29 is 19.0 Å². The Bertz CT molecular complexity index is 548. The number of benzene rings is 1. The topological polar surface area (TPSA) is 69.2 Å². The molecule has 0 aliphatic carbocycles. The Labute approximate surface area is 131 Å². The zero-order valence-electron chi connectivity index (χ0n) is 14.0. The predicted octanol–water partition coefficient (Wildman–Crippen LogP) is 3.34. The first-order valence-corrected chi connectivity index (χ1v) is 7.08. The van der Waals surface area contributed by atoms with E-state index >= 15 is 0 Å². The van der Waals surface area contributed by atoms with E-state index in [9.17, 15) is 4.79 Å². The van der Waals surface area contributed by atoms with Crippen LogP contribution in [0, 0.1) is 0 Å². The summed E-state index contributed by atoms with van der Waals surface area (Å²) in [7, 11) is 3.15. The second kappa shape index (κ2) is 7.68. The molecule has 0 radical (unpaired) electrons. The van der Waals surface area contributed by atoms with Crippen LogP contribution in [0.2, 0.25) is 0 Å². The number of hydrazone groups is 1. The van der Waals surface area contributed by atoms with Crippen molar-refractivity contribution in [3.05, 3.63) is 23.8 Å². The number of ether oxygens (including phenoxy) is 3. The molecule has 0 unspecified atom stereocenters. The van der Waals surface area contributed by atoms with E-state index in [4.69, 9.17) is 14.2 Å². The van der Waals surface area contributed by atoms with Crippen molar-refractivity contribution in [3.8, 4) is 11.5 Å². The van der Waals surface area contributed by atoms with Crippen molar-refractivity contribution >= 4 is 11.8 Å². The zero-order valence-corrected chi connectivity index (χ0v) is 14.0. The summed E-state index contributed by atoms with van der Waals surface area (Å²) in [5.74, 6) is 1.25. The summed E-state index contributed by atoms with van der Waals surface area (Å²) in [6, 6.07) is 5.48. The second-order valence-corrected chi connectivity index (χ2v) is 5.60. The van der Waals surface area contributed by atoms with Gasteiger partial charge in [0.15, 0.2) is 11.5 Å². The standard InChI is InChI=1S/C16H24N2O4/c1-7-12(17-18-15(19)22-16(2,3)4)11-8-9-13(20-5)14(10-11)21-6/h8-10H,7H2,1-6H3,(H,18,19)/b17-12+. The molecule has 0 atom stereocenters. The molecule has 6 nitrogen and oxygen atoms in total. The highest BCUT2D eigenvalue weighted by atomic mass is 16.6. The molecular weight excluding hydrogens is 284 g/mol. The Kier molecular flexibility index (Phi) is 6.22. The second-order valence-electron chi connectivity index (χ2n) is 5.60. The van der Waals surface area contributed by atoms with Crippen molar-refractivity contribution in [2.45, 2.75) is 39.7 Å². The lowest BCUT2D eigenvalue weighted by atomic mass is 10.1. The van der Waals surface area contributed by atoms with Crippen molar-refractivity contribution in [1.29, 1.82) is 0 Å². The first-order valence-electron chi connectivity index (χ1n) is 7.08. The number of amides is 1. The van der Waals surface area contributed by atoms with Gasteiger partial charge in [-0.3, -0.25) is 0 Å². The van der Waals surface area contributed by atoms with E-state index in [0.29, 0.717) is 23.6 Å². The monoisotopic (exact) mass is 308 g/mol. The molecule has 0 fully saturated rings. The molecule has 0 spiro atoms. The Morgan fingerprint density at radius 3 is 2.32 bits per heavy atom. The number of hydrogen-bond donors (Lipinski definition) is 1. The normalized spacial score (nSPS) is 11.8. The van der Waals surface area contributed by atoms with Crippen LogP contribution in [-0.4, -0.2) is 31.6 Å². The van der Waals surface area contributed by atoms with Gasteiger partial charge in [0.25, 0.3) is 0 Å². The average Bonchev–Trinajstić information content (AvgIpc) is 2.45. The molecule has 0 aromatic heterocycles. The highest BCUT2D eigenvalue weighted by Gasteiger charge is 2.16. The van der Waals surface area contributed by atoms with Crippen LogP contribution in [0.25, 0.3) is 0 Å². The van der Waals surface area contributed by atoms with Crippen molar-refractivity contribution in [2.24, 2.45) is 5.10 Å². The molecule has 122 valence electrons. The molecule has 1 aromatic rings. The van der Waals surface area contributed by atoms with Gasteiger partial charge in [-0.1, -0.05) is 6.92 Å². The van der Waals surface area contributed by atoms with E-state index in [1.807, 2.05) is 19.1 Å².